The van der Waals surface area contributed by atoms with Gasteiger partial charge in [0.2, 0.25) is 5.91 Å². The highest BCUT2D eigenvalue weighted by atomic mass is 16.3. The average Bonchev–Trinajstić information content (AvgIpc) is 2.52. The molecule has 0 unspecified atom stereocenters. The number of imide groups is 1. The van der Waals surface area contributed by atoms with Crippen LogP contribution in [0.3, 0.4) is 0 Å². The van der Waals surface area contributed by atoms with E-state index >= 15 is 0 Å². The third-order valence-corrected chi connectivity index (χ3v) is 3.68. The van der Waals surface area contributed by atoms with E-state index in [1.54, 1.807) is 0 Å². The zero-order valence-electron chi connectivity index (χ0n) is 12.6. The quantitative estimate of drug-likeness (QED) is 0.753. The molecule has 1 saturated heterocycles. The van der Waals surface area contributed by atoms with Crippen molar-refractivity contribution in [1.29, 1.82) is 0 Å². The molecule has 6 nitrogen and oxygen atoms in total. The topological polar surface area (TPSA) is 81.7 Å². The number of piperidine rings is 1. The van der Waals surface area contributed by atoms with Crippen LogP contribution in [-0.4, -0.2) is 47.7 Å². The van der Waals surface area contributed by atoms with E-state index in [4.69, 9.17) is 0 Å². The lowest BCUT2D eigenvalue weighted by Crippen LogP contribution is -2.42. The predicted molar refractivity (Wildman–Crippen MR) is 83.1 cm³/mol. The summed E-state index contributed by atoms with van der Waals surface area (Å²) in [5.41, 5.74) is 0.979. The SMILES string of the molecule is O=C(CCN1CCC[C@@H](O)C1)NC(=O)NCc1ccccc1. The molecule has 22 heavy (non-hydrogen) atoms. The zero-order valence-corrected chi connectivity index (χ0v) is 12.6. The normalized spacial score (nSPS) is 18.7. The van der Waals surface area contributed by atoms with Gasteiger partial charge >= 0.3 is 6.03 Å². The minimum absolute atomic E-state index is 0.255. The number of benzene rings is 1. The van der Waals surface area contributed by atoms with E-state index in [1.807, 2.05) is 30.3 Å². The molecule has 1 heterocycles. The number of amides is 3. The highest BCUT2D eigenvalue weighted by Crippen LogP contribution is 2.09. The molecule has 0 aliphatic carbocycles. The van der Waals surface area contributed by atoms with E-state index in [0.717, 1.165) is 24.9 Å². The molecule has 0 aromatic heterocycles. The van der Waals surface area contributed by atoms with Gasteiger partial charge in [-0.25, -0.2) is 4.79 Å². The lowest BCUT2D eigenvalue weighted by molar-refractivity contribution is -0.120. The molecule has 1 aliphatic rings. The number of urea groups is 1. The molecule has 1 fully saturated rings. The van der Waals surface area contributed by atoms with Crippen LogP contribution in [0.2, 0.25) is 0 Å². The highest BCUT2D eigenvalue weighted by Gasteiger charge is 2.18. The summed E-state index contributed by atoms with van der Waals surface area (Å²) in [7, 11) is 0. The lowest BCUT2D eigenvalue weighted by Gasteiger charge is -2.29. The van der Waals surface area contributed by atoms with Gasteiger partial charge in [0.1, 0.15) is 0 Å². The minimum atomic E-state index is -0.479. The number of hydrogen-bond acceptors (Lipinski definition) is 4. The van der Waals surface area contributed by atoms with E-state index in [1.165, 1.54) is 0 Å². The third kappa shape index (κ3) is 5.83. The lowest BCUT2D eigenvalue weighted by atomic mass is 10.1. The van der Waals surface area contributed by atoms with Gasteiger partial charge in [0.15, 0.2) is 0 Å². The Morgan fingerprint density at radius 2 is 2.05 bits per heavy atom. The Balaban J connectivity index is 1.62. The Morgan fingerprint density at radius 1 is 1.27 bits per heavy atom. The number of aliphatic hydroxyl groups excluding tert-OH is 1. The fourth-order valence-corrected chi connectivity index (χ4v) is 2.51. The van der Waals surface area contributed by atoms with Crippen LogP contribution in [0.5, 0.6) is 0 Å². The molecule has 2 rings (SSSR count). The first-order valence-electron chi connectivity index (χ1n) is 7.65. The number of aliphatic hydroxyl groups is 1. The van der Waals surface area contributed by atoms with Gasteiger partial charge in [-0.15, -0.1) is 0 Å². The second-order valence-electron chi connectivity index (χ2n) is 5.56. The van der Waals surface area contributed by atoms with E-state index in [-0.39, 0.29) is 18.4 Å². The number of likely N-dealkylation sites (tertiary alicyclic amines) is 1. The summed E-state index contributed by atoms with van der Waals surface area (Å²) in [6.07, 6.45) is 1.72. The van der Waals surface area contributed by atoms with Crippen LogP contribution in [0.15, 0.2) is 30.3 Å². The summed E-state index contributed by atoms with van der Waals surface area (Å²) < 4.78 is 0. The molecule has 1 aromatic rings. The van der Waals surface area contributed by atoms with Crippen molar-refractivity contribution in [2.24, 2.45) is 0 Å². The molecular formula is C16H23N3O3. The molecule has 6 heteroatoms. The van der Waals surface area contributed by atoms with Gasteiger partial charge in [0, 0.05) is 26.1 Å². The van der Waals surface area contributed by atoms with Gasteiger partial charge in [-0.3, -0.25) is 10.1 Å². The maximum atomic E-state index is 11.7. The fourth-order valence-electron chi connectivity index (χ4n) is 2.51. The molecule has 1 aromatic carbocycles. The van der Waals surface area contributed by atoms with Crippen LogP contribution in [0.4, 0.5) is 4.79 Å². The van der Waals surface area contributed by atoms with E-state index in [2.05, 4.69) is 15.5 Å². The Kier molecular flexibility index (Phi) is 6.36. The Bertz CT molecular complexity index is 493. The van der Waals surface area contributed by atoms with Crippen LogP contribution in [0, 0.1) is 0 Å². The van der Waals surface area contributed by atoms with Crippen molar-refractivity contribution in [2.45, 2.75) is 31.9 Å². The Labute approximate surface area is 130 Å². The molecule has 3 N–H and O–H groups in total. The number of rotatable bonds is 5. The van der Waals surface area contributed by atoms with Crippen molar-refractivity contribution in [2.75, 3.05) is 19.6 Å². The standard InChI is InChI=1S/C16H23N3O3/c20-14-7-4-9-19(12-14)10-8-15(21)18-16(22)17-11-13-5-2-1-3-6-13/h1-3,5-6,14,20H,4,7-12H2,(H2,17,18,21,22)/t14-/m1/s1. The molecule has 0 bridgehead atoms. The van der Waals surface area contributed by atoms with Crippen LogP contribution >= 0.6 is 0 Å². The van der Waals surface area contributed by atoms with Gasteiger partial charge in [0.05, 0.1) is 6.10 Å². The van der Waals surface area contributed by atoms with Crippen molar-refractivity contribution in [3.05, 3.63) is 35.9 Å². The number of carbonyl (C=O) groups is 2. The van der Waals surface area contributed by atoms with Gasteiger partial charge in [-0.2, -0.15) is 0 Å². The number of nitrogens with zero attached hydrogens (tertiary/aromatic N) is 1. The molecule has 0 radical (unpaired) electrons. The van der Waals surface area contributed by atoms with Crippen LogP contribution in [0.1, 0.15) is 24.8 Å². The zero-order chi connectivity index (χ0) is 15.8. The summed E-state index contributed by atoms with van der Waals surface area (Å²) >= 11 is 0. The fraction of sp³-hybridized carbons (Fsp3) is 0.500. The van der Waals surface area contributed by atoms with Crippen molar-refractivity contribution >= 4 is 11.9 Å². The Hall–Kier alpha value is -1.92. The molecule has 0 spiro atoms. The van der Waals surface area contributed by atoms with Crippen LogP contribution in [-0.2, 0) is 11.3 Å². The van der Waals surface area contributed by atoms with Crippen molar-refractivity contribution in [3.63, 3.8) is 0 Å². The summed E-state index contributed by atoms with van der Waals surface area (Å²) in [5.74, 6) is -0.300. The smallest absolute Gasteiger partial charge is 0.321 e. The maximum Gasteiger partial charge on any atom is 0.321 e. The molecule has 0 saturated carbocycles. The summed E-state index contributed by atoms with van der Waals surface area (Å²) in [6.45, 7) is 2.45. The van der Waals surface area contributed by atoms with E-state index in [0.29, 0.717) is 19.6 Å². The molecule has 120 valence electrons. The molecule has 3 amide bonds. The number of β-amino-alcohol motifs (C(OH)–C–C–N with tert-alkyl or cyclic N) is 1. The van der Waals surface area contributed by atoms with Crippen molar-refractivity contribution in [1.82, 2.24) is 15.5 Å². The summed E-state index contributed by atoms with van der Waals surface area (Å²) in [4.78, 5) is 25.4. The predicted octanol–water partition coefficient (Wildman–Crippen LogP) is 0.859. The van der Waals surface area contributed by atoms with E-state index < -0.39 is 6.03 Å². The summed E-state index contributed by atoms with van der Waals surface area (Å²) in [5, 5.41) is 14.5. The first-order chi connectivity index (χ1) is 10.6. The average molecular weight is 305 g/mol. The Morgan fingerprint density at radius 3 is 2.77 bits per heavy atom. The second-order valence-corrected chi connectivity index (χ2v) is 5.56. The third-order valence-electron chi connectivity index (χ3n) is 3.68. The van der Waals surface area contributed by atoms with E-state index in [9.17, 15) is 14.7 Å². The highest BCUT2D eigenvalue weighted by molar-refractivity contribution is 5.94. The van der Waals surface area contributed by atoms with Gasteiger partial charge in [-0.1, -0.05) is 30.3 Å². The molecular weight excluding hydrogens is 282 g/mol. The molecule has 1 atom stereocenters. The second kappa shape index (κ2) is 8.51. The van der Waals surface area contributed by atoms with Crippen LogP contribution < -0.4 is 10.6 Å². The maximum absolute atomic E-state index is 11.7. The number of nitrogens with one attached hydrogen (secondary N) is 2. The van der Waals surface area contributed by atoms with Crippen LogP contribution in [0.25, 0.3) is 0 Å². The monoisotopic (exact) mass is 305 g/mol. The minimum Gasteiger partial charge on any atom is -0.392 e. The van der Waals surface area contributed by atoms with Gasteiger partial charge < -0.3 is 15.3 Å². The number of hydrogen-bond donors (Lipinski definition) is 3. The largest absolute Gasteiger partial charge is 0.392 e. The van der Waals surface area contributed by atoms with Gasteiger partial charge in [-0.05, 0) is 24.9 Å². The van der Waals surface area contributed by atoms with Crippen molar-refractivity contribution in [3.8, 4) is 0 Å². The molecule has 1 aliphatic heterocycles. The first kappa shape index (κ1) is 16.5. The first-order valence-corrected chi connectivity index (χ1v) is 7.65. The van der Waals surface area contributed by atoms with Crippen molar-refractivity contribution < 1.29 is 14.7 Å². The summed E-state index contributed by atoms with van der Waals surface area (Å²) in [6, 6.07) is 9.03. The number of carbonyl (C=O) groups excluding carboxylic acids is 2. The van der Waals surface area contributed by atoms with Gasteiger partial charge in [0.25, 0.3) is 0 Å².